The molecule has 224 valence electrons. The van der Waals surface area contributed by atoms with E-state index in [-0.39, 0.29) is 74.1 Å². The van der Waals surface area contributed by atoms with Crippen LogP contribution in [0.1, 0.15) is 49.4 Å². The molecule has 0 aliphatic carbocycles. The van der Waals surface area contributed by atoms with Gasteiger partial charge in [0.1, 0.15) is 6.61 Å². The summed E-state index contributed by atoms with van der Waals surface area (Å²) in [6, 6.07) is 4.18. The van der Waals surface area contributed by atoms with E-state index in [1.807, 2.05) is 0 Å². The first-order chi connectivity index (χ1) is 20.0. The number of aromatic hydroxyl groups is 1. The number of hydrogen-bond acceptors (Lipinski definition) is 12. The molecule has 0 fully saturated rings. The first-order valence-corrected chi connectivity index (χ1v) is 15.3. The third kappa shape index (κ3) is 4.78. The number of carbonyl (C=O) groups excluding carboxylic acids is 1. The number of cyclic esters (lactones) is 1. The van der Waals surface area contributed by atoms with Crippen LogP contribution in [0, 0.1) is 10.1 Å². The van der Waals surface area contributed by atoms with Gasteiger partial charge in [-0.1, -0.05) is 6.92 Å². The molecule has 1 aromatic carbocycles. The fourth-order valence-corrected chi connectivity index (χ4v) is 7.16. The molecule has 0 saturated heterocycles. The van der Waals surface area contributed by atoms with Crippen molar-refractivity contribution in [1.29, 1.82) is 0 Å². The van der Waals surface area contributed by atoms with E-state index in [1.54, 1.807) is 26.8 Å². The molecule has 3 aromatic rings. The maximum atomic E-state index is 13.6. The molecule has 0 amide bonds. The van der Waals surface area contributed by atoms with Gasteiger partial charge in [0.05, 0.1) is 58.7 Å². The molecule has 0 bridgehead atoms. The summed E-state index contributed by atoms with van der Waals surface area (Å²) in [5, 5.41) is 36.9. The van der Waals surface area contributed by atoms with E-state index in [9.17, 15) is 34.5 Å². The molecule has 4 heterocycles. The molecule has 14 nitrogen and oxygen atoms in total. The molecule has 0 unspecified atom stereocenters. The van der Waals surface area contributed by atoms with Crippen molar-refractivity contribution in [2.45, 2.75) is 52.5 Å². The molecule has 3 N–H and O–H groups in total. The fraction of sp³-hybridized carbons (Fsp3) is 0.444. The standard InChI is InChI=1S/C27H31N4O10P/c1-4-27(35)18-11-20-23-16(13-30(20)25(33)17(18)14-39-26(27)34)15(12-28-9-10-42(38,40-5-2)41-6-3)22-19(29-23)7-8-21(32)24(22)31(36)37/h7-8,11,28,32,35H,4-6,9-10,12-14H2,1-3H3/t27-/m0/s1. The quantitative estimate of drug-likeness (QED) is 0.0748. The highest BCUT2D eigenvalue weighted by atomic mass is 31.2. The zero-order valence-corrected chi connectivity index (χ0v) is 24.2. The number of aromatic nitrogens is 2. The smallest absolute Gasteiger partial charge is 0.343 e. The highest BCUT2D eigenvalue weighted by molar-refractivity contribution is 7.53. The Hall–Kier alpha value is -3.68. The number of nitro groups is 1. The Balaban J connectivity index is 1.65. The monoisotopic (exact) mass is 602 g/mol. The lowest BCUT2D eigenvalue weighted by Crippen LogP contribution is -2.44. The van der Waals surface area contributed by atoms with Crippen molar-refractivity contribution >= 4 is 30.2 Å². The molecule has 0 saturated carbocycles. The number of pyridine rings is 2. The lowest BCUT2D eigenvalue weighted by molar-refractivity contribution is -0.384. The third-order valence-corrected chi connectivity index (χ3v) is 9.69. The average molecular weight is 603 g/mol. The zero-order valence-electron chi connectivity index (χ0n) is 23.3. The van der Waals surface area contributed by atoms with Crippen molar-refractivity contribution < 1.29 is 38.3 Å². The van der Waals surface area contributed by atoms with Crippen LogP contribution in [-0.2, 0) is 48.4 Å². The highest BCUT2D eigenvalue weighted by Crippen LogP contribution is 2.47. The van der Waals surface area contributed by atoms with Gasteiger partial charge in [0.25, 0.3) is 5.56 Å². The van der Waals surface area contributed by atoms with Gasteiger partial charge >= 0.3 is 19.3 Å². The summed E-state index contributed by atoms with van der Waals surface area (Å²) in [7, 11) is -3.36. The minimum Gasteiger partial charge on any atom is -0.502 e. The van der Waals surface area contributed by atoms with Crippen LogP contribution in [0.25, 0.3) is 22.3 Å². The fourth-order valence-electron chi connectivity index (χ4n) is 5.60. The van der Waals surface area contributed by atoms with Crippen molar-refractivity contribution in [3.63, 3.8) is 0 Å². The molecule has 1 atom stereocenters. The molecule has 5 rings (SSSR count). The van der Waals surface area contributed by atoms with Crippen molar-refractivity contribution in [2.24, 2.45) is 0 Å². The zero-order chi connectivity index (χ0) is 30.4. The second-order valence-corrected chi connectivity index (χ2v) is 12.1. The van der Waals surface area contributed by atoms with Gasteiger partial charge in [0, 0.05) is 24.2 Å². The number of carbonyl (C=O) groups is 1. The number of esters is 1. The number of rotatable bonds is 11. The van der Waals surface area contributed by atoms with Gasteiger partial charge in [-0.15, -0.1) is 0 Å². The Kier molecular flexibility index (Phi) is 7.94. The van der Waals surface area contributed by atoms with E-state index in [1.165, 1.54) is 16.7 Å². The van der Waals surface area contributed by atoms with E-state index >= 15 is 0 Å². The second kappa shape index (κ2) is 11.2. The number of nitro benzene ring substituents is 1. The van der Waals surface area contributed by atoms with Crippen LogP contribution >= 0.6 is 7.60 Å². The number of nitrogens with one attached hydrogen (secondary N) is 1. The first-order valence-electron chi connectivity index (χ1n) is 13.6. The van der Waals surface area contributed by atoms with Gasteiger partial charge in [-0.25, -0.2) is 9.78 Å². The molecule has 2 aliphatic rings. The molecule has 2 aromatic heterocycles. The Morgan fingerprint density at radius 1 is 1.21 bits per heavy atom. The molecular weight excluding hydrogens is 571 g/mol. The third-order valence-electron chi connectivity index (χ3n) is 7.62. The van der Waals surface area contributed by atoms with Crippen molar-refractivity contribution in [1.82, 2.24) is 14.9 Å². The lowest BCUT2D eigenvalue weighted by Gasteiger charge is -2.31. The Bertz CT molecular complexity index is 1710. The normalized spacial score (nSPS) is 17.6. The van der Waals surface area contributed by atoms with E-state index in [0.717, 1.165) is 0 Å². The van der Waals surface area contributed by atoms with Gasteiger partial charge in [-0.05, 0) is 44.0 Å². The molecular formula is C27H31N4O10P. The number of nitrogens with zero attached hydrogens (tertiary/aromatic N) is 3. The molecule has 42 heavy (non-hydrogen) atoms. The van der Waals surface area contributed by atoms with E-state index in [2.05, 4.69) is 10.3 Å². The average Bonchev–Trinajstić information content (AvgIpc) is 3.31. The minimum absolute atomic E-state index is 0.00156. The summed E-state index contributed by atoms with van der Waals surface area (Å²) in [4.78, 5) is 42.2. The Morgan fingerprint density at radius 3 is 2.57 bits per heavy atom. The van der Waals surface area contributed by atoms with Gasteiger partial charge < -0.3 is 33.9 Å². The van der Waals surface area contributed by atoms with Crippen molar-refractivity contribution in [3.05, 3.63) is 60.9 Å². The Labute approximate surface area is 239 Å². The number of benzene rings is 1. The van der Waals surface area contributed by atoms with Crippen LogP contribution in [0.5, 0.6) is 5.75 Å². The summed E-state index contributed by atoms with van der Waals surface area (Å²) >= 11 is 0. The SMILES string of the molecule is CCOP(=O)(CCNCc1c2c(nc3ccc(O)c([N+](=O)[O-])c13)-c1cc3c(c(=O)n1C2)COC(=O)[C@]3(O)CC)OCC. The Morgan fingerprint density at radius 2 is 1.93 bits per heavy atom. The number of aliphatic hydroxyl groups is 1. The van der Waals surface area contributed by atoms with Crippen LogP contribution in [0.2, 0.25) is 0 Å². The first kappa shape index (κ1) is 29.8. The number of phenolic OH excluding ortho intramolecular Hbond substituents is 1. The topological polar surface area (TPSA) is 192 Å². The summed E-state index contributed by atoms with van der Waals surface area (Å²) in [5.41, 5.74) is -0.924. The van der Waals surface area contributed by atoms with Crippen LogP contribution < -0.4 is 10.9 Å². The van der Waals surface area contributed by atoms with E-state index in [4.69, 9.17) is 13.8 Å². The van der Waals surface area contributed by atoms with Crippen LogP contribution in [0.15, 0.2) is 23.0 Å². The number of fused-ring (bicyclic) bond motifs is 5. The van der Waals surface area contributed by atoms with Gasteiger partial charge in [-0.2, -0.15) is 0 Å². The highest BCUT2D eigenvalue weighted by Gasteiger charge is 2.45. The maximum Gasteiger partial charge on any atom is 0.343 e. The van der Waals surface area contributed by atoms with E-state index < -0.39 is 41.1 Å². The van der Waals surface area contributed by atoms with E-state index in [0.29, 0.717) is 22.5 Å². The predicted molar refractivity (Wildman–Crippen MR) is 150 cm³/mol. The summed E-state index contributed by atoms with van der Waals surface area (Å²) in [6.45, 7) is 5.33. The van der Waals surface area contributed by atoms with Crippen LogP contribution in [0.3, 0.4) is 0 Å². The summed E-state index contributed by atoms with van der Waals surface area (Å²) in [6.07, 6.45) is 0.0248. The summed E-state index contributed by atoms with van der Waals surface area (Å²) in [5.74, 6) is -1.39. The number of ether oxygens (including phenoxy) is 1. The van der Waals surface area contributed by atoms with Crippen molar-refractivity contribution in [2.75, 3.05) is 25.9 Å². The molecule has 2 aliphatic heterocycles. The van der Waals surface area contributed by atoms with Gasteiger partial charge in [-0.3, -0.25) is 19.5 Å². The van der Waals surface area contributed by atoms with Gasteiger partial charge in [0.2, 0.25) is 0 Å². The predicted octanol–water partition coefficient (Wildman–Crippen LogP) is 3.05. The van der Waals surface area contributed by atoms with Crippen LogP contribution in [-0.4, -0.2) is 56.6 Å². The largest absolute Gasteiger partial charge is 0.502 e. The van der Waals surface area contributed by atoms with Crippen LogP contribution in [0.4, 0.5) is 5.69 Å². The van der Waals surface area contributed by atoms with Gasteiger partial charge in [0.15, 0.2) is 11.4 Å². The lowest BCUT2D eigenvalue weighted by atomic mass is 9.86. The summed E-state index contributed by atoms with van der Waals surface area (Å²) < 4.78 is 30.1. The van der Waals surface area contributed by atoms with Crippen molar-refractivity contribution in [3.8, 4) is 17.1 Å². The molecule has 15 heteroatoms. The number of phenols is 1. The minimum atomic E-state index is -3.36. The maximum absolute atomic E-state index is 13.6. The molecule has 0 spiro atoms. The number of hydrogen-bond donors (Lipinski definition) is 3. The second-order valence-electron chi connectivity index (χ2n) is 9.95. The molecule has 0 radical (unpaired) electrons.